The minimum Gasteiger partial charge on any atom is -0.322 e. The first kappa shape index (κ1) is 16.7. The number of nitrogens with one attached hydrogen (secondary N) is 2. The molecule has 2 N–H and O–H groups in total. The molecule has 0 radical (unpaired) electrons. The monoisotopic (exact) mass is 366 g/mol. The molecule has 2 atom stereocenters. The maximum absolute atomic E-state index is 14.5. The molecule has 1 aromatic carbocycles. The lowest BCUT2D eigenvalue weighted by atomic mass is 9.96. The van der Waals surface area contributed by atoms with Crippen LogP contribution in [0.2, 0.25) is 0 Å². The predicted octanol–water partition coefficient (Wildman–Crippen LogP) is 3.26. The van der Waals surface area contributed by atoms with Gasteiger partial charge in [-0.2, -0.15) is 5.10 Å². The van der Waals surface area contributed by atoms with E-state index >= 15 is 0 Å². The largest absolute Gasteiger partial charge is 0.322 e. The van der Waals surface area contributed by atoms with Crippen LogP contribution in [0.1, 0.15) is 31.2 Å². The van der Waals surface area contributed by atoms with Gasteiger partial charge in [0.05, 0.1) is 17.1 Å². The average molecular weight is 366 g/mol. The Balaban J connectivity index is 1.50. The molecular weight excluding hydrogens is 343 g/mol. The molecule has 1 saturated heterocycles. The fourth-order valence-corrected chi connectivity index (χ4v) is 4.94. The zero-order valence-electron chi connectivity index (χ0n) is 15.3. The van der Waals surface area contributed by atoms with Crippen LogP contribution < -0.4 is 10.9 Å². The highest BCUT2D eigenvalue weighted by Crippen LogP contribution is 2.43. The number of pyridine rings is 1. The second-order valence-corrected chi connectivity index (χ2v) is 7.85. The number of halogens is 1. The molecule has 0 amide bonds. The molecule has 6 heteroatoms. The summed E-state index contributed by atoms with van der Waals surface area (Å²) < 4.78 is 16.3. The molecule has 5 rings (SSSR count). The van der Waals surface area contributed by atoms with E-state index < -0.39 is 0 Å². The van der Waals surface area contributed by atoms with E-state index in [1.807, 2.05) is 25.1 Å². The van der Waals surface area contributed by atoms with Crippen molar-refractivity contribution in [1.82, 2.24) is 20.1 Å². The molecule has 0 bridgehead atoms. The molecule has 2 aromatic heterocycles. The zero-order chi connectivity index (χ0) is 18.5. The lowest BCUT2D eigenvalue weighted by molar-refractivity contribution is 0.494. The van der Waals surface area contributed by atoms with Crippen molar-refractivity contribution >= 4 is 10.9 Å². The number of aromatic nitrogens is 3. The summed E-state index contributed by atoms with van der Waals surface area (Å²) in [4.78, 5) is 15.7. The van der Waals surface area contributed by atoms with Gasteiger partial charge in [-0.3, -0.25) is 9.48 Å². The fraction of sp³-hybridized carbons (Fsp3) is 0.429. The Labute approximate surface area is 156 Å². The van der Waals surface area contributed by atoms with Crippen LogP contribution in [0.3, 0.4) is 0 Å². The van der Waals surface area contributed by atoms with E-state index in [0.29, 0.717) is 40.9 Å². The van der Waals surface area contributed by atoms with Gasteiger partial charge in [0, 0.05) is 23.4 Å². The van der Waals surface area contributed by atoms with E-state index in [1.54, 1.807) is 10.9 Å². The van der Waals surface area contributed by atoms with E-state index in [0.717, 1.165) is 37.0 Å². The van der Waals surface area contributed by atoms with Crippen LogP contribution in [-0.4, -0.2) is 27.9 Å². The van der Waals surface area contributed by atoms with Crippen LogP contribution >= 0.6 is 0 Å². The normalized spacial score (nSPS) is 24.6. The highest BCUT2D eigenvalue weighted by atomic mass is 19.1. The SMILES string of the molecule is CCn1ncc2c(F)cc(-c3ccc(C4CC5CNCC5C4)c(=O)[nH]3)cc21. The van der Waals surface area contributed by atoms with Crippen LogP contribution in [0.5, 0.6) is 0 Å². The summed E-state index contributed by atoms with van der Waals surface area (Å²) in [5.41, 5.74) is 2.89. The van der Waals surface area contributed by atoms with E-state index in [1.165, 1.54) is 6.07 Å². The number of hydrogen-bond acceptors (Lipinski definition) is 3. The van der Waals surface area contributed by atoms with Gasteiger partial charge in [0.25, 0.3) is 5.56 Å². The summed E-state index contributed by atoms with van der Waals surface area (Å²) in [6.45, 7) is 4.78. The van der Waals surface area contributed by atoms with Gasteiger partial charge in [-0.25, -0.2) is 4.39 Å². The number of rotatable bonds is 3. The Morgan fingerprint density at radius 3 is 2.70 bits per heavy atom. The molecule has 2 unspecified atom stereocenters. The van der Waals surface area contributed by atoms with Crippen molar-refractivity contribution in [1.29, 1.82) is 0 Å². The lowest BCUT2D eigenvalue weighted by Gasteiger charge is -2.12. The van der Waals surface area contributed by atoms with Crippen molar-refractivity contribution in [3.8, 4) is 11.3 Å². The highest BCUT2D eigenvalue weighted by molar-refractivity contribution is 5.84. The van der Waals surface area contributed by atoms with Gasteiger partial charge in [-0.05, 0) is 68.8 Å². The molecule has 1 aliphatic heterocycles. The molecule has 3 heterocycles. The number of nitrogens with zero attached hydrogens (tertiary/aromatic N) is 2. The number of aromatic amines is 1. The topological polar surface area (TPSA) is 62.7 Å². The maximum Gasteiger partial charge on any atom is 0.251 e. The summed E-state index contributed by atoms with van der Waals surface area (Å²) in [6, 6.07) is 7.22. The molecule has 5 nitrogen and oxygen atoms in total. The summed E-state index contributed by atoms with van der Waals surface area (Å²) in [5.74, 6) is 1.41. The van der Waals surface area contributed by atoms with Gasteiger partial charge in [-0.1, -0.05) is 6.07 Å². The third kappa shape index (κ3) is 2.70. The Kier molecular flexibility index (Phi) is 3.90. The zero-order valence-corrected chi connectivity index (χ0v) is 15.3. The standard InChI is InChI=1S/C21H23FN4O/c1-2-26-20-8-13(7-18(22)17(20)11-24-26)19-4-3-16(21(27)25-19)12-5-14-9-23-10-15(14)6-12/h3-4,7-8,11-12,14-15,23H,2,5-6,9-10H2,1H3,(H,25,27). The first-order valence-corrected chi connectivity index (χ1v) is 9.73. The molecule has 2 fully saturated rings. The second kappa shape index (κ2) is 6.30. The van der Waals surface area contributed by atoms with Gasteiger partial charge in [0.15, 0.2) is 0 Å². The van der Waals surface area contributed by atoms with E-state index in [9.17, 15) is 9.18 Å². The Morgan fingerprint density at radius 1 is 1.22 bits per heavy atom. The average Bonchev–Trinajstić information content (AvgIpc) is 3.35. The van der Waals surface area contributed by atoms with Crippen LogP contribution in [0, 0.1) is 17.7 Å². The van der Waals surface area contributed by atoms with Gasteiger partial charge < -0.3 is 10.3 Å². The van der Waals surface area contributed by atoms with Crippen LogP contribution in [0.15, 0.2) is 35.3 Å². The van der Waals surface area contributed by atoms with E-state index in [4.69, 9.17) is 0 Å². The van der Waals surface area contributed by atoms with Crippen LogP contribution in [0.25, 0.3) is 22.2 Å². The smallest absolute Gasteiger partial charge is 0.251 e. The summed E-state index contributed by atoms with van der Waals surface area (Å²) in [5, 5.41) is 8.17. The predicted molar refractivity (Wildman–Crippen MR) is 103 cm³/mol. The molecule has 2 aliphatic rings. The number of benzene rings is 1. The first-order valence-electron chi connectivity index (χ1n) is 9.73. The third-order valence-electron chi connectivity index (χ3n) is 6.36. The number of H-pyrrole nitrogens is 1. The van der Waals surface area contributed by atoms with Gasteiger partial charge in [-0.15, -0.1) is 0 Å². The van der Waals surface area contributed by atoms with Crippen LogP contribution in [-0.2, 0) is 6.54 Å². The Morgan fingerprint density at radius 2 is 2.00 bits per heavy atom. The fourth-order valence-electron chi connectivity index (χ4n) is 4.94. The minimum absolute atomic E-state index is 0.0464. The van der Waals surface area contributed by atoms with Gasteiger partial charge in [0.1, 0.15) is 5.82 Å². The molecule has 1 saturated carbocycles. The summed E-state index contributed by atoms with van der Waals surface area (Å²) >= 11 is 0. The first-order chi connectivity index (χ1) is 13.1. The Hall–Kier alpha value is -2.47. The quantitative estimate of drug-likeness (QED) is 0.748. The minimum atomic E-state index is -0.316. The number of fused-ring (bicyclic) bond motifs is 2. The number of aryl methyl sites for hydroxylation is 1. The maximum atomic E-state index is 14.5. The molecule has 1 aliphatic carbocycles. The highest BCUT2D eigenvalue weighted by Gasteiger charge is 2.38. The van der Waals surface area contributed by atoms with E-state index in [-0.39, 0.29) is 11.4 Å². The van der Waals surface area contributed by atoms with E-state index in [2.05, 4.69) is 15.4 Å². The van der Waals surface area contributed by atoms with Crippen molar-refractivity contribution in [2.45, 2.75) is 32.2 Å². The molecule has 3 aromatic rings. The van der Waals surface area contributed by atoms with Crippen molar-refractivity contribution < 1.29 is 4.39 Å². The van der Waals surface area contributed by atoms with Crippen molar-refractivity contribution in [2.75, 3.05) is 13.1 Å². The third-order valence-corrected chi connectivity index (χ3v) is 6.36. The molecule has 27 heavy (non-hydrogen) atoms. The molecule has 140 valence electrons. The van der Waals surface area contributed by atoms with Crippen molar-refractivity contribution in [3.05, 3.63) is 52.2 Å². The van der Waals surface area contributed by atoms with Crippen molar-refractivity contribution in [3.63, 3.8) is 0 Å². The van der Waals surface area contributed by atoms with Crippen LogP contribution in [0.4, 0.5) is 4.39 Å². The van der Waals surface area contributed by atoms with Crippen molar-refractivity contribution in [2.24, 2.45) is 11.8 Å². The molecule has 0 spiro atoms. The summed E-state index contributed by atoms with van der Waals surface area (Å²) in [7, 11) is 0. The van der Waals surface area contributed by atoms with Gasteiger partial charge in [0.2, 0.25) is 0 Å². The van der Waals surface area contributed by atoms with Gasteiger partial charge >= 0.3 is 0 Å². The molecular formula is C21H23FN4O. The second-order valence-electron chi connectivity index (χ2n) is 7.85. The number of hydrogen-bond donors (Lipinski definition) is 2. The lowest BCUT2D eigenvalue weighted by Crippen LogP contribution is -2.18. The summed E-state index contributed by atoms with van der Waals surface area (Å²) in [6.07, 6.45) is 3.71. The Bertz CT molecular complexity index is 1060.